The number of hydrogen-bond donors (Lipinski definition) is 0. The first-order valence-corrected chi connectivity index (χ1v) is 10.3. The molecule has 1 saturated heterocycles. The molecule has 3 heterocycles. The summed E-state index contributed by atoms with van der Waals surface area (Å²) in [5, 5.41) is 0.681. The number of likely N-dealkylation sites (tertiary alicyclic amines) is 1. The predicted octanol–water partition coefficient (Wildman–Crippen LogP) is 3.46. The molecule has 1 aliphatic heterocycles. The first kappa shape index (κ1) is 20.3. The van der Waals surface area contributed by atoms with Crippen molar-refractivity contribution in [1.29, 1.82) is 0 Å². The summed E-state index contributed by atoms with van der Waals surface area (Å²) in [6.07, 6.45) is 3.87. The van der Waals surface area contributed by atoms with Crippen LogP contribution < -0.4 is 5.69 Å². The van der Waals surface area contributed by atoms with Crippen LogP contribution in [0.15, 0.2) is 45.7 Å². The number of carbonyl (C=O) groups is 1. The first-order chi connectivity index (χ1) is 14.4. The minimum absolute atomic E-state index is 0.0400. The number of amides is 1. The van der Waals surface area contributed by atoms with E-state index in [0.29, 0.717) is 35.3 Å². The largest absolute Gasteiger partial charge is 0.443 e. The van der Waals surface area contributed by atoms with Gasteiger partial charge in [0, 0.05) is 29.4 Å². The topological polar surface area (TPSA) is 81.2 Å². The molecule has 1 atom stereocenters. The third-order valence-electron chi connectivity index (χ3n) is 5.39. The number of hydrogen-bond acceptors (Lipinski definition) is 5. The van der Waals surface area contributed by atoms with Gasteiger partial charge in [-0.05, 0) is 44.4 Å². The fourth-order valence-electron chi connectivity index (χ4n) is 3.90. The minimum Gasteiger partial charge on any atom is -0.443 e. The highest BCUT2D eigenvalue weighted by Crippen LogP contribution is 2.32. The molecule has 3 aromatic rings. The molecule has 0 aliphatic carbocycles. The van der Waals surface area contributed by atoms with Gasteiger partial charge in [-0.3, -0.25) is 9.36 Å². The third-order valence-corrected chi connectivity index (χ3v) is 5.76. The van der Waals surface area contributed by atoms with Crippen LogP contribution in [-0.2, 0) is 17.8 Å². The molecule has 0 bridgehead atoms. The van der Waals surface area contributed by atoms with E-state index >= 15 is 0 Å². The smallest absolute Gasteiger partial charge is 0.348 e. The molecule has 0 spiro atoms. The number of benzene rings is 1. The summed E-state index contributed by atoms with van der Waals surface area (Å²) < 4.78 is 7.38. The maximum atomic E-state index is 13.0. The summed E-state index contributed by atoms with van der Waals surface area (Å²) in [6, 6.07) is 9.18. The van der Waals surface area contributed by atoms with Crippen molar-refractivity contribution in [2.45, 2.75) is 45.7 Å². The predicted molar refractivity (Wildman–Crippen MR) is 112 cm³/mol. The number of halogens is 1. The van der Waals surface area contributed by atoms with Crippen LogP contribution in [0.25, 0.3) is 0 Å². The Hall–Kier alpha value is -2.93. The third kappa shape index (κ3) is 4.16. The molecule has 2 aromatic heterocycles. The molecule has 1 amide bonds. The summed E-state index contributed by atoms with van der Waals surface area (Å²) in [5.41, 5.74) is 1.92. The van der Waals surface area contributed by atoms with E-state index in [0.717, 1.165) is 24.1 Å². The van der Waals surface area contributed by atoms with E-state index in [1.165, 1.54) is 4.57 Å². The lowest BCUT2D eigenvalue weighted by Gasteiger charge is -2.23. The van der Waals surface area contributed by atoms with Gasteiger partial charge in [0.15, 0.2) is 0 Å². The SMILES string of the molecule is Cc1cc(C)n(CC(=O)N2CCC[C@@H]2c2ncc(Cc3ccccc3Cl)o2)c(=O)n1. The van der Waals surface area contributed by atoms with Gasteiger partial charge >= 0.3 is 5.69 Å². The van der Waals surface area contributed by atoms with Crippen LogP contribution in [-0.4, -0.2) is 31.9 Å². The normalized spacial score (nSPS) is 16.2. The molecule has 1 aromatic carbocycles. The summed E-state index contributed by atoms with van der Waals surface area (Å²) in [5.74, 6) is 1.08. The van der Waals surface area contributed by atoms with Crippen molar-refractivity contribution in [1.82, 2.24) is 19.4 Å². The van der Waals surface area contributed by atoms with Gasteiger partial charge in [0.05, 0.1) is 6.20 Å². The lowest BCUT2D eigenvalue weighted by atomic mass is 10.1. The average Bonchev–Trinajstić information content (AvgIpc) is 3.35. The summed E-state index contributed by atoms with van der Waals surface area (Å²) in [4.78, 5) is 35.3. The van der Waals surface area contributed by atoms with Gasteiger partial charge in [0.25, 0.3) is 0 Å². The van der Waals surface area contributed by atoms with Crippen molar-refractivity contribution in [2.24, 2.45) is 0 Å². The number of aromatic nitrogens is 3. The maximum absolute atomic E-state index is 13.0. The molecule has 0 N–H and O–H groups in total. The zero-order chi connectivity index (χ0) is 21.3. The van der Waals surface area contributed by atoms with Gasteiger partial charge in [0.1, 0.15) is 18.3 Å². The van der Waals surface area contributed by atoms with Crippen LogP contribution in [0, 0.1) is 13.8 Å². The van der Waals surface area contributed by atoms with Crippen LogP contribution in [0.2, 0.25) is 5.02 Å². The number of rotatable bonds is 5. The molecule has 0 saturated carbocycles. The van der Waals surface area contributed by atoms with E-state index in [2.05, 4.69) is 9.97 Å². The second kappa shape index (κ2) is 8.44. The molecule has 4 rings (SSSR count). The monoisotopic (exact) mass is 426 g/mol. The van der Waals surface area contributed by atoms with Gasteiger partial charge in [0.2, 0.25) is 11.8 Å². The molecule has 0 radical (unpaired) electrons. The van der Waals surface area contributed by atoms with E-state index < -0.39 is 5.69 Å². The van der Waals surface area contributed by atoms with Crippen LogP contribution in [0.3, 0.4) is 0 Å². The van der Waals surface area contributed by atoms with Crippen molar-refractivity contribution < 1.29 is 9.21 Å². The van der Waals surface area contributed by atoms with E-state index in [4.69, 9.17) is 16.0 Å². The Morgan fingerprint density at radius 3 is 2.87 bits per heavy atom. The quantitative estimate of drug-likeness (QED) is 0.624. The molecule has 7 nitrogen and oxygen atoms in total. The molecule has 156 valence electrons. The number of carbonyl (C=O) groups excluding carboxylic acids is 1. The molecule has 8 heteroatoms. The van der Waals surface area contributed by atoms with Crippen LogP contribution in [0.1, 0.15) is 47.5 Å². The van der Waals surface area contributed by atoms with Crippen molar-refractivity contribution in [2.75, 3.05) is 6.54 Å². The van der Waals surface area contributed by atoms with Crippen molar-refractivity contribution in [3.05, 3.63) is 80.6 Å². The number of nitrogens with zero attached hydrogens (tertiary/aromatic N) is 4. The van der Waals surface area contributed by atoms with Crippen LogP contribution >= 0.6 is 11.6 Å². The molecular formula is C22H23ClN4O3. The standard InChI is InChI=1S/C22H23ClN4O3/c1-14-10-15(2)27(22(29)25-14)13-20(28)26-9-5-8-19(26)21-24-12-17(30-21)11-16-6-3-4-7-18(16)23/h3-4,6-7,10,12,19H,5,8-9,11,13H2,1-2H3/t19-/m1/s1. The maximum Gasteiger partial charge on any atom is 0.348 e. The van der Waals surface area contributed by atoms with E-state index in [1.54, 1.807) is 31.0 Å². The van der Waals surface area contributed by atoms with Gasteiger partial charge < -0.3 is 9.32 Å². The Bertz CT molecular complexity index is 1140. The summed E-state index contributed by atoms with van der Waals surface area (Å²) in [7, 11) is 0. The molecule has 0 unspecified atom stereocenters. The Balaban J connectivity index is 1.50. The lowest BCUT2D eigenvalue weighted by molar-refractivity contribution is -0.133. The minimum atomic E-state index is -0.408. The number of aryl methyl sites for hydroxylation is 2. The van der Waals surface area contributed by atoms with E-state index in [1.807, 2.05) is 24.3 Å². The van der Waals surface area contributed by atoms with Gasteiger partial charge in [-0.2, -0.15) is 4.98 Å². The van der Waals surface area contributed by atoms with Crippen molar-refractivity contribution >= 4 is 17.5 Å². The highest BCUT2D eigenvalue weighted by molar-refractivity contribution is 6.31. The summed E-state index contributed by atoms with van der Waals surface area (Å²) in [6.45, 7) is 4.14. The highest BCUT2D eigenvalue weighted by atomic mass is 35.5. The van der Waals surface area contributed by atoms with Crippen LogP contribution in [0.4, 0.5) is 0 Å². The zero-order valence-electron chi connectivity index (χ0n) is 17.0. The fourth-order valence-corrected chi connectivity index (χ4v) is 4.11. The van der Waals surface area contributed by atoms with Gasteiger partial charge in [-0.25, -0.2) is 9.78 Å². The van der Waals surface area contributed by atoms with Crippen molar-refractivity contribution in [3.8, 4) is 0 Å². The Labute approximate surface area is 179 Å². The second-order valence-corrected chi connectivity index (χ2v) is 7.99. The highest BCUT2D eigenvalue weighted by Gasteiger charge is 2.33. The van der Waals surface area contributed by atoms with E-state index in [9.17, 15) is 9.59 Å². The Morgan fingerprint density at radius 2 is 2.10 bits per heavy atom. The van der Waals surface area contributed by atoms with E-state index in [-0.39, 0.29) is 18.5 Å². The van der Waals surface area contributed by atoms with Gasteiger partial charge in [-0.15, -0.1) is 0 Å². The lowest BCUT2D eigenvalue weighted by Crippen LogP contribution is -2.37. The molecule has 30 heavy (non-hydrogen) atoms. The average molecular weight is 427 g/mol. The molecule has 1 aliphatic rings. The number of oxazole rings is 1. The molecular weight excluding hydrogens is 404 g/mol. The Kier molecular flexibility index (Phi) is 5.72. The van der Waals surface area contributed by atoms with Crippen LogP contribution in [0.5, 0.6) is 0 Å². The first-order valence-electron chi connectivity index (χ1n) is 9.95. The Morgan fingerprint density at radius 1 is 1.30 bits per heavy atom. The zero-order valence-corrected chi connectivity index (χ0v) is 17.7. The second-order valence-electron chi connectivity index (χ2n) is 7.59. The van der Waals surface area contributed by atoms with Gasteiger partial charge in [-0.1, -0.05) is 29.8 Å². The van der Waals surface area contributed by atoms with Crippen molar-refractivity contribution in [3.63, 3.8) is 0 Å². The summed E-state index contributed by atoms with van der Waals surface area (Å²) >= 11 is 6.24. The fraction of sp³-hybridized carbons (Fsp3) is 0.364. The molecule has 1 fully saturated rings.